The number of hydrogen-bond donors (Lipinski definition) is 1. The van der Waals surface area contributed by atoms with Crippen LogP contribution in [0.2, 0.25) is 0 Å². The standard InChI is InChI=1S/C23H27N3O3S/c1-23(2)12-17-20(18(27)13-23)30-22(24-17)25-21(29)16-9-6-10-26(14-16)19(28)11-15-7-4-3-5-8-15/h3-5,7-8,16H,6,9-14H2,1-2H3,(H,24,25,29). The molecular formula is C23H27N3O3S. The summed E-state index contributed by atoms with van der Waals surface area (Å²) in [7, 11) is 0. The van der Waals surface area contributed by atoms with Gasteiger partial charge in [-0.15, -0.1) is 0 Å². The Balaban J connectivity index is 1.38. The number of fused-ring (bicyclic) bond motifs is 1. The van der Waals surface area contributed by atoms with Crippen LogP contribution in [0.5, 0.6) is 0 Å². The predicted octanol–water partition coefficient (Wildman–Crippen LogP) is 3.72. The van der Waals surface area contributed by atoms with Gasteiger partial charge in [-0.1, -0.05) is 55.5 Å². The average Bonchev–Trinajstić information content (AvgIpc) is 3.10. The van der Waals surface area contributed by atoms with E-state index in [1.165, 1.54) is 11.3 Å². The molecule has 0 spiro atoms. The highest BCUT2D eigenvalue weighted by molar-refractivity contribution is 7.17. The van der Waals surface area contributed by atoms with E-state index in [1.54, 1.807) is 4.90 Å². The van der Waals surface area contributed by atoms with Crippen molar-refractivity contribution in [3.63, 3.8) is 0 Å². The normalized spacial score (nSPS) is 20.5. The zero-order valence-corrected chi connectivity index (χ0v) is 18.3. The fourth-order valence-corrected chi connectivity index (χ4v) is 5.20. The van der Waals surface area contributed by atoms with Crippen molar-refractivity contribution in [1.82, 2.24) is 9.88 Å². The number of rotatable bonds is 4. The Labute approximate surface area is 180 Å². The van der Waals surface area contributed by atoms with E-state index in [0.717, 1.165) is 30.5 Å². The third kappa shape index (κ3) is 4.61. The third-order valence-corrected chi connectivity index (χ3v) is 6.86. The van der Waals surface area contributed by atoms with Gasteiger partial charge in [-0.05, 0) is 30.2 Å². The van der Waals surface area contributed by atoms with Crippen LogP contribution in [0.25, 0.3) is 0 Å². The van der Waals surface area contributed by atoms with Crippen molar-refractivity contribution in [2.75, 3.05) is 18.4 Å². The number of likely N-dealkylation sites (tertiary alicyclic amines) is 1. The summed E-state index contributed by atoms with van der Waals surface area (Å²) in [5, 5.41) is 3.39. The van der Waals surface area contributed by atoms with Crippen molar-refractivity contribution >= 4 is 34.1 Å². The number of nitrogens with one attached hydrogen (secondary N) is 1. The van der Waals surface area contributed by atoms with Gasteiger partial charge in [-0.3, -0.25) is 14.4 Å². The number of aromatic nitrogens is 1. The smallest absolute Gasteiger partial charge is 0.231 e. The summed E-state index contributed by atoms with van der Waals surface area (Å²) < 4.78 is 0. The van der Waals surface area contributed by atoms with Crippen LogP contribution in [0.3, 0.4) is 0 Å². The lowest BCUT2D eigenvalue weighted by molar-refractivity contribution is -0.133. The Bertz CT molecular complexity index is 967. The first-order chi connectivity index (χ1) is 14.3. The highest BCUT2D eigenvalue weighted by Crippen LogP contribution is 2.38. The van der Waals surface area contributed by atoms with E-state index in [4.69, 9.17) is 0 Å². The molecular weight excluding hydrogens is 398 g/mol. The molecule has 158 valence electrons. The second-order valence-corrected chi connectivity index (χ2v) is 10.1. The van der Waals surface area contributed by atoms with E-state index in [-0.39, 0.29) is 28.9 Å². The molecule has 1 aromatic heterocycles. The molecule has 7 heteroatoms. The van der Waals surface area contributed by atoms with Crippen LogP contribution < -0.4 is 5.32 Å². The van der Waals surface area contributed by atoms with Crippen molar-refractivity contribution < 1.29 is 14.4 Å². The number of anilines is 1. The number of piperidine rings is 1. The van der Waals surface area contributed by atoms with Crippen molar-refractivity contribution in [3.05, 3.63) is 46.5 Å². The Morgan fingerprint density at radius 2 is 2.00 bits per heavy atom. The molecule has 1 saturated heterocycles. The minimum Gasteiger partial charge on any atom is -0.342 e. The summed E-state index contributed by atoms with van der Waals surface area (Å²) in [5.41, 5.74) is 1.68. The first kappa shape index (κ1) is 20.7. The Hall–Kier alpha value is -2.54. The molecule has 2 aromatic rings. The number of amides is 2. The fraction of sp³-hybridized carbons (Fsp3) is 0.478. The number of carbonyl (C=O) groups is 3. The van der Waals surface area contributed by atoms with E-state index >= 15 is 0 Å². The fourth-order valence-electron chi connectivity index (χ4n) is 4.28. The van der Waals surface area contributed by atoms with Gasteiger partial charge in [0.15, 0.2) is 10.9 Å². The second kappa shape index (κ2) is 8.30. The number of benzene rings is 1. The highest BCUT2D eigenvalue weighted by atomic mass is 32.1. The third-order valence-electron chi connectivity index (χ3n) is 5.81. The van der Waals surface area contributed by atoms with E-state index < -0.39 is 0 Å². The molecule has 1 aliphatic carbocycles. The summed E-state index contributed by atoms with van der Waals surface area (Å²) in [4.78, 5) is 44.9. The lowest BCUT2D eigenvalue weighted by atomic mass is 9.78. The van der Waals surface area contributed by atoms with Gasteiger partial charge in [0.1, 0.15) is 0 Å². The molecule has 1 N–H and O–H groups in total. The first-order valence-corrected chi connectivity index (χ1v) is 11.3. The van der Waals surface area contributed by atoms with E-state index in [0.29, 0.717) is 35.9 Å². The van der Waals surface area contributed by atoms with Crippen molar-refractivity contribution in [2.24, 2.45) is 11.3 Å². The van der Waals surface area contributed by atoms with Gasteiger partial charge >= 0.3 is 0 Å². The molecule has 2 heterocycles. The van der Waals surface area contributed by atoms with Crippen LogP contribution in [-0.2, 0) is 22.4 Å². The van der Waals surface area contributed by atoms with Crippen molar-refractivity contribution in [2.45, 2.75) is 46.0 Å². The first-order valence-electron chi connectivity index (χ1n) is 10.5. The summed E-state index contributed by atoms with van der Waals surface area (Å²) >= 11 is 1.27. The maximum Gasteiger partial charge on any atom is 0.231 e. The van der Waals surface area contributed by atoms with E-state index in [1.807, 2.05) is 30.3 Å². The molecule has 0 saturated carbocycles. The largest absolute Gasteiger partial charge is 0.342 e. The van der Waals surface area contributed by atoms with Crippen LogP contribution >= 0.6 is 11.3 Å². The number of hydrogen-bond acceptors (Lipinski definition) is 5. The number of carbonyl (C=O) groups excluding carboxylic acids is 3. The average molecular weight is 426 g/mol. The number of Topliss-reactive ketones (excluding diaryl/α,β-unsaturated/α-hetero) is 1. The maximum atomic E-state index is 12.8. The lowest BCUT2D eigenvalue weighted by Gasteiger charge is -2.32. The van der Waals surface area contributed by atoms with Gasteiger partial charge in [-0.25, -0.2) is 4.98 Å². The van der Waals surface area contributed by atoms with Gasteiger partial charge in [0.25, 0.3) is 0 Å². The van der Waals surface area contributed by atoms with Crippen LogP contribution in [0.15, 0.2) is 30.3 Å². The lowest BCUT2D eigenvalue weighted by Crippen LogP contribution is -2.44. The molecule has 4 rings (SSSR count). The molecule has 1 aliphatic heterocycles. The molecule has 6 nitrogen and oxygen atoms in total. The molecule has 30 heavy (non-hydrogen) atoms. The molecule has 0 radical (unpaired) electrons. The van der Waals surface area contributed by atoms with Crippen LogP contribution in [0, 0.1) is 11.3 Å². The summed E-state index contributed by atoms with van der Waals surface area (Å²) in [6.07, 6.45) is 3.16. The zero-order valence-electron chi connectivity index (χ0n) is 17.4. The predicted molar refractivity (Wildman–Crippen MR) is 117 cm³/mol. The summed E-state index contributed by atoms with van der Waals surface area (Å²) in [6, 6.07) is 9.67. The Morgan fingerprint density at radius 3 is 2.77 bits per heavy atom. The topological polar surface area (TPSA) is 79.4 Å². The number of nitrogens with zero attached hydrogens (tertiary/aromatic N) is 2. The Morgan fingerprint density at radius 1 is 1.23 bits per heavy atom. The van der Waals surface area contributed by atoms with E-state index in [2.05, 4.69) is 24.1 Å². The van der Waals surface area contributed by atoms with Gasteiger partial charge in [0, 0.05) is 19.5 Å². The molecule has 2 amide bonds. The van der Waals surface area contributed by atoms with Gasteiger partial charge < -0.3 is 10.2 Å². The molecule has 1 aromatic carbocycles. The Kier molecular flexibility index (Phi) is 5.73. The zero-order chi connectivity index (χ0) is 21.3. The number of ketones is 1. The van der Waals surface area contributed by atoms with Gasteiger partial charge in [0.2, 0.25) is 11.8 Å². The second-order valence-electron chi connectivity index (χ2n) is 9.07. The summed E-state index contributed by atoms with van der Waals surface area (Å²) in [6.45, 7) is 5.24. The molecule has 1 fully saturated rings. The summed E-state index contributed by atoms with van der Waals surface area (Å²) in [5.74, 6) is -0.220. The molecule has 1 unspecified atom stereocenters. The van der Waals surface area contributed by atoms with Crippen LogP contribution in [0.4, 0.5) is 5.13 Å². The van der Waals surface area contributed by atoms with Crippen molar-refractivity contribution in [3.8, 4) is 0 Å². The van der Waals surface area contributed by atoms with Gasteiger partial charge in [-0.2, -0.15) is 0 Å². The SMILES string of the molecule is CC1(C)CC(=O)c2sc(NC(=O)C3CCCN(C(=O)Cc4ccccc4)C3)nc2C1. The van der Waals surface area contributed by atoms with Gasteiger partial charge in [0.05, 0.1) is 22.9 Å². The van der Waals surface area contributed by atoms with E-state index in [9.17, 15) is 14.4 Å². The maximum absolute atomic E-state index is 12.8. The molecule has 0 bridgehead atoms. The minimum absolute atomic E-state index is 0.0521. The van der Waals surface area contributed by atoms with Crippen LogP contribution in [-0.4, -0.2) is 40.6 Å². The highest BCUT2D eigenvalue weighted by Gasteiger charge is 2.35. The van der Waals surface area contributed by atoms with Crippen molar-refractivity contribution in [1.29, 1.82) is 0 Å². The number of thiazole rings is 1. The molecule has 1 atom stereocenters. The molecule has 2 aliphatic rings. The minimum atomic E-state index is -0.258. The monoisotopic (exact) mass is 425 g/mol. The quantitative estimate of drug-likeness (QED) is 0.810. The van der Waals surface area contributed by atoms with Crippen LogP contribution in [0.1, 0.15) is 54.0 Å².